The van der Waals surface area contributed by atoms with Crippen LogP contribution in [0.4, 0.5) is 34.6 Å². The van der Waals surface area contributed by atoms with Crippen molar-refractivity contribution in [2.45, 2.75) is 26.1 Å². The van der Waals surface area contributed by atoms with Crippen molar-refractivity contribution in [3.63, 3.8) is 0 Å². The third-order valence-corrected chi connectivity index (χ3v) is 4.03. The van der Waals surface area contributed by atoms with Gasteiger partial charge in [0.25, 0.3) is 0 Å². The first-order valence-corrected chi connectivity index (χ1v) is 8.39. The minimum absolute atomic E-state index is 0.0120. The fourth-order valence-electron chi connectivity index (χ4n) is 2.53. The van der Waals surface area contributed by atoms with Gasteiger partial charge in [-0.1, -0.05) is 25.0 Å². The Balaban J connectivity index is 2.30. The second-order valence-corrected chi connectivity index (χ2v) is 6.02. The van der Waals surface area contributed by atoms with E-state index < -0.39 is 17.6 Å². The molecule has 0 unspecified atom stereocenters. The van der Waals surface area contributed by atoms with E-state index in [-0.39, 0.29) is 42.5 Å². The van der Waals surface area contributed by atoms with Crippen molar-refractivity contribution in [1.29, 1.82) is 0 Å². The summed E-state index contributed by atoms with van der Waals surface area (Å²) in [6.07, 6.45) is 1.13. The quantitative estimate of drug-likeness (QED) is 0.434. The number of alkyl halides is 3. The summed E-state index contributed by atoms with van der Waals surface area (Å²) < 4.78 is 52.8. The van der Waals surface area contributed by atoms with Crippen molar-refractivity contribution >= 4 is 23.0 Å². The van der Waals surface area contributed by atoms with Crippen molar-refractivity contribution in [1.82, 2.24) is 0 Å². The van der Waals surface area contributed by atoms with Crippen molar-refractivity contribution in [3.05, 3.63) is 53.3 Å². The number of anilines is 3. The van der Waals surface area contributed by atoms with Crippen LogP contribution in [-0.4, -0.2) is 12.5 Å². The molecule has 0 aromatic heterocycles. The van der Waals surface area contributed by atoms with Gasteiger partial charge in [-0.05, 0) is 29.8 Å². The highest BCUT2D eigenvalue weighted by Gasteiger charge is 2.30. The number of amides is 1. The van der Waals surface area contributed by atoms with Gasteiger partial charge in [0, 0.05) is 13.0 Å². The Labute approximate surface area is 160 Å². The Kier molecular flexibility index (Phi) is 6.52. The molecule has 3 N–H and O–H groups in total. The standard InChI is InChI=1S/C20H19F4N3O/c1-3-11-27(12-13-5-7-14(8-6-13)20(22,23)24)16-10-9-15(19(25)18(16)21)26-17(28)4-2/h1,5-10H,4,11-12,25H2,2H3,(H,26,28). The molecular weight excluding hydrogens is 374 g/mol. The number of hydrogen-bond donors (Lipinski definition) is 2. The fraction of sp³-hybridized carbons (Fsp3) is 0.250. The smallest absolute Gasteiger partial charge is 0.395 e. The number of carbonyl (C=O) groups excluding carboxylic acids is 1. The maximum absolute atomic E-state index is 14.8. The summed E-state index contributed by atoms with van der Waals surface area (Å²) >= 11 is 0. The summed E-state index contributed by atoms with van der Waals surface area (Å²) in [7, 11) is 0. The van der Waals surface area contributed by atoms with Gasteiger partial charge in [-0.15, -0.1) is 6.42 Å². The van der Waals surface area contributed by atoms with Crippen molar-refractivity contribution < 1.29 is 22.4 Å². The Morgan fingerprint density at radius 2 is 1.86 bits per heavy atom. The zero-order valence-corrected chi connectivity index (χ0v) is 15.1. The zero-order valence-electron chi connectivity index (χ0n) is 15.1. The first-order valence-electron chi connectivity index (χ1n) is 8.39. The SMILES string of the molecule is C#CCN(Cc1ccc(C(F)(F)F)cc1)c1ccc(NC(=O)CC)c(N)c1F. The van der Waals surface area contributed by atoms with Crippen molar-refractivity contribution in [2.24, 2.45) is 0 Å². The summed E-state index contributed by atoms with van der Waals surface area (Å²) in [6, 6.07) is 7.40. The second-order valence-electron chi connectivity index (χ2n) is 6.02. The number of halogens is 4. The predicted molar refractivity (Wildman–Crippen MR) is 101 cm³/mol. The van der Waals surface area contributed by atoms with E-state index >= 15 is 0 Å². The Morgan fingerprint density at radius 3 is 2.39 bits per heavy atom. The highest BCUT2D eigenvalue weighted by molar-refractivity contribution is 5.94. The van der Waals surface area contributed by atoms with E-state index in [1.54, 1.807) is 6.92 Å². The molecule has 0 atom stereocenters. The maximum atomic E-state index is 14.8. The molecule has 0 saturated heterocycles. The molecule has 8 heteroatoms. The summed E-state index contributed by atoms with van der Waals surface area (Å²) in [5.41, 5.74) is 5.52. The highest BCUT2D eigenvalue weighted by atomic mass is 19.4. The van der Waals surface area contributed by atoms with Gasteiger partial charge >= 0.3 is 6.18 Å². The van der Waals surface area contributed by atoms with Gasteiger partial charge in [0.15, 0.2) is 5.82 Å². The van der Waals surface area contributed by atoms with E-state index in [1.807, 2.05) is 0 Å². The molecule has 0 radical (unpaired) electrons. The molecular formula is C20H19F4N3O. The van der Waals surface area contributed by atoms with Gasteiger partial charge in [-0.25, -0.2) is 4.39 Å². The number of nitrogen functional groups attached to an aromatic ring is 1. The lowest BCUT2D eigenvalue weighted by Crippen LogP contribution is -2.25. The molecule has 0 aliphatic carbocycles. The average Bonchev–Trinajstić information content (AvgIpc) is 2.65. The van der Waals surface area contributed by atoms with E-state index in [0.29, 0.717) is 5.56 Å². The summed E-state index contributed by atoms with van der Waals surface area (Å²) in [5.74, 6) is 1.31. The topological polar surface area (TPSA) is 58.4 Å². The average molecular weight is 393 g/mol. The Morgan fingerprint density at radius 1 is 1.21 bits per heavy atom. The molecule has 4 nitrogen and oxygen atoms in total. The lowest BCUT2D eigenvalue weighted by molar-refractivity contribution is -0.137. The molecule has 0 fully saturated rings. The van der Waals surface area contributed by atoms with Crippen LogP contribution in [0.3, 0.4) is 0 Å². The largest absolute Gasteiger partial charge is 0.416 e. The molecule has 0 saturated carbocycles. The van der Waals surface area contributed by atoms with Gasteiger partial charge in [0.2, 0.25) is 5.91 Å². The minimum atomic E-state index is -4.43. The van der Waals surface area contributed by atoms with Crippen LogP contribution >= 0.6 is 0 Å². The summed E-state index contributed by atoms with van der Waals surface area (Å²) in [4.78, 5) is 13.0. The second kappa shape index (κ2) is 8.65. The van der Waals surface area contributed by atoms with E-state index in [1.165, 1.54) is 29.2 Å². The molecule has 0 aliphatic heterocycles. The van der Waals surface area contributed by atoms with Crippen LogP contribution in [0.15, 0.2) is 36.4 Å². The lowest BCUT2D eigenvalue weighted by atomic mass is 10.1. The molecule has 2 aromatic carbocycles. The highest BCUT2D eigenvalue weighted by Crippen LogP contribution is 2.32. The number of rotatable bonds is 6. The molecule has 0 bridgehead atoms. The van der Waals surface area contributed by atoms with Gasteiger partial charge in [-0.3, -0.25) is 4.79 Å². The molecule has 28 heavy (non-hydrogen) atoms. The molecule has 0 spiro atoms. The number of carbonyl (C=O) groups is 1. The fourth-order valence-corrected chi connectivity index (χ4v) is 2.53. The normalized spacial score (nSPS) is 11.0. The van der Waals surface area contributed by atoms with Crippen LogP contribution < -0.4 is 16.0 Å². The molecule has 0 aliphatic rings. The number of nitrogens with two attached hydrogens (primary N) is 1. The number of terminal acetylenes is 1. The summed E-state index contributed by atoms with van der Waals surface area (Å²) in [6.45, 7) is 1.74. The predicted octanol–water partition coefficient (Wildman–Crippen LogP) is 4.42. The first-order chi connectivity index (χ1) is 13.2. The molecule has 2 rings (SSSR count). The minimum Gasteiger partial charge on any atom is -0.395 e. The molecule has 1 amide bonds. The van der Waals surface area contributed by atoms with Crippen LogP contribution in [0.1, 0.15) is 24.5 Å². The van der Waals surface area contributed by atoms with Gasteiger partial charge in [-0.2, -0.15) is 13.2 Å². The number of nitrogens with one attached hydrogen (secondary N) is 1. The van der Waals surface area contributed by atoms with Crippen LogP contribution in [0, 0.1) is 18.2 Å². The zero-order chi connectivity index (χ0) is 20.9. The van der Waals surface area contributed by atoms with Gasteiger partial charge < -0.3 is 16.0 Å². The Hall–Kier alpha value is -3.21. The van der Waals surface area contributed by atoms with Crippen LogP contribution in [0.25, 0.3) is 0 Å². The van der Waals surface area contributed by atoms with E-state index in [2.05, 4.69) is 11.2 Å². The third kappa shape index (κ3) is 4.94. The monoisotopic (exact) mass is 393 g/mol. The third-order valence-electron chi connectivity index (χ3n) is 4.03. The van der Waals surface area contributed by atoms with Gasteiger partial charge in [0.05, 0.1) is 29.2 Å². The Bertz CT molecular complexity index is 886. The van der Waals surface area contributed by atoms with Crippen molar-refractivity contribution in [3.8, 4) is 12.3 Å². The van der Waals surface area contributed by atoms with Crippen molar-refractivity contribution in [2.75, 3.05) is 22.5 Å². The van der Waals surface area contributed by atoms with E-state index in [9.17, 15) is 22.4 Å². The molecule has 2 aromatic rings. The first kappa shape index (κ1) is 21.1. The number of hydrogen-bond acceptors (Lipinski definition) is 3. The van der Waals surface area contributed by atoms with Gasteiger partial charge in [0.1, 0.15) is 0 Å². The lowest BCUT2D eigenvalue weighted by Gasteiger charge is -2.24. The number of benzene rings is 2. The van der Waals surface area contributed by atoms with E-state index in [4.69, 9.17) is 12.2 Å². The number of nitrogens with zero attached hydrogens (tertiary/aromatic N) is 1. The molecule has 0 heterocycles. The van der Waals surface area contributed by atoms with E-state index in [0.717, 1.165) is 12.1 Å². The summed E-state index contributed by atoms with van der Waals surface area (Å²) in [5, 5.41) is 2.50. The maximum Gasteiger partial charge on any atom is 0.416 e. The van der Waals surface area contributed by atoms with Crippen LogP contribution in [-0.2, 0) is 17.5 Å². The molecule has 148 valence electrons. The van der Waals surface area contributed by atoms with Crippen LogP contribution in [0.2, 0.25) is 0 Å². The van der Waals surface area contributed by atoms with Crippen LogP contribution in [0.5, 0.6) is 0 Å².